The van der Waals surface area contributed by atoms with Crippen molar-refractivity contribution in [3.05, 3.63) is 89.5 Å². The predicted octanol–water partition coefficient (Wildman–Crippen LogP) is 4.22. The van der Waals surface area contributed by atoms with Crippen LogP contribution in [-0.4, -0.2) is 56.8 Å². The maximum Gasteiger partial charge on any atom is 0.255 e. The van der Waals surface area contributed by atoms with E-state index in [-0.39, 0.29) is 17.9 Å². The van der Waals surface area contributed by atoms with Gasteiger partial charge in [0.05, 0.1) is 5.56 Å². The van der Waals surface area contributed by atoms with Crippen LogP contribution < -0.4 is 4.90 Å². The van der Waals surface area contributed by atoms with Crippen LogP contribution in [0, 0.1) is 6.92 Å². The average Bonchev–Trinajstić information content (AvgIpc) is 3.24. The number of benzene rings is 1. The second-order valence-corrected chi connectivity index (χ2v) is 9.88. The summed E-state index contributed by atoms with van der Waals surface area (Å²) < 4.78 is 0. The topological polar surface area (TPSA) is 69.6 Å². The number of aromatic nitrogens is 2. The van der Waals surface area contributed by atoms with Crippen LogP contribution in [0.3, 0.4) is 0 Å². The summed E-state index contributed by atoms with van der Waals surface area (Å²) in [7, 11) is 0. The third-order valence-electron chi connectivity index (χ3n) is 7.45. The first-order chi connectivity index (χ1) is 17.5. The number of para-hydroxylation sites is 1. The van der Waals surface area contributed by atoms with Crippen LogP contribution in [0.5, 0.6) is 0 Å². The van der Waals surface area contributed by atoms with Gasteiger partial charge in [0, 0.05) is 75.2 Å². The molecule has 0 aliphatic carbocycles. The molecule has 2 bridgehead atoms. The Kier molecular flexibility index (Phi) is 7.09. The minimum Gasteiger partial charge on any atom is -0.333 e. The maximum absolute atomic E-state index is 13.8. The number of nitrogens with zero attached hydrogens (tertiary/aromatic N) is 5. The molecule has 0 spiro atoms. The molecule has 186 valence electrons. The van der Waals surface area contributed by atoms with Crippen LogP contribution in [-0.2, 0) is 17.9 Å². The van der Waals surface area contributed by atoms with Crippen molar-refractivity contribution < 1.29 is 9.59 Å². The Bertz CT molecular complexity index is 1210. The van der Waals surface area contributed by atoms with Crippen LogP contribution in [0.4, 0.5) is 5.69 Å². The second-order valence-electron chi connectivity index (χ2n) is 9.88. The number of fused-ring (bicyclic) bond motifs is 3. The summed E-state index contributed by atoms with van der Waals surface area (Å²) in [6.45, 7) is 6.05. The number of hydrogen-bond acceptors (Lipinski definition) is 5. The fourth-order valence-corrected chi connectivity index (χ4v) is 5.57. The lowest BCUT2D eigenvalue weighted by atomic mass is 10.1. The van der Waals surface area contributed by atoms with Gasteiger partial charge in [-0.3, -0.25) is 24.5 Å². The molecule has 0 radical (unpaired) electrons. The first kappa shape index (κ1) is 24.1. The molecule has 1 fully saturated rings. The zero-order chi connectivity index (χ0) is 25.1. The maximum atomic E-state index is 13.8. The number of hydrogen-bond donors (Lipinski definition) is 0. The number of carbonyl (C=O) groups is 2. The highest BCUT2D eigenvalue weighted by Gasteiger charge is 2.36. The Balaban J connectivity index is 1.53. The molecule has 0 saturated carbocycles. The van der Waals surface area contributed by atoms with E-state index >= 15 is 0 Å². The Hall–Kier alpha value is -3.58. The summed E-state index contributed by atoms with van der Waals surface area (Å²) in [6, 6.07) is 16.3. The van der Waals surface area contributed by atoms with E-state index in [9.17, 15) is 9.59 Å². The molecule has 2 atom stereocenters. The third-order valence-corrected chi connectivity index (χ3v) is 7.45. The van der Waals surface area contributed by atoms with Crippen molar-refractivity contribution in [1.29, 1.82) is 0 Å². The number of anilines is 1. The lowest BCUT2D eigenvalue weighted by Crippen LogP contribution is -2.45. The molecule has 3 aromatic rings. The third kappa shape index (κ3) is 5.16. The first-order valence-corrected chi connectivity index (χ1v) is 12.7. The van der Waals surface area contributed by atoms with Crippen molar-refractivity contribution in [3.63, 3.8) is 0 Å². The Labute approximate surface area is 212 Å². The monoisotopic (exact) mass is 483 g/mol. The quantitative estimate of drug-likeness (QED) is 0.558. The number of carbonyl (C=O) groups excluding carboxylic acids is 2. The van der Waals surface area contributed by atoms with Crippen molar-refractivity contribution in [2.75, 3.05) is 18.0 Å². The van der Waals surface area contributed by atoms with E-state index in [2.05, 4.69) is 20.9 Å². The van der Waals surface area contributed by atoms with Crippen LogP contribution in [0.1, 0.15) is 53.4 Å². The van der Waals surface area contributed by atoms with Gasteiger partial charge in [0.15, 0.2) is 0 Å². The fourth-order valence-electron chi connectivity index (χ4n) is 5.57. The Morgan fingerprint density at radius 3 is 2.56 bits per heavy atom. The van der Waals surface area contributed by atoms with Gasteiger partial charge in [-0.2, -0.15) is 0 Å². The zero-order valence-corrected chi connectivity index (χ0v) is 21.0. The van der Waals surface area contributed by atoms with Crippen LogP contribution in [0.15, 0.2) is 67.1 Å². The van der Waals surface area contributed by atoms with Gasteiger partial charge in [-0.1, -0.05) is 24.3 Å². The molecule has 1 aromatic carbocycles. The normalized spacial score (nSPS) is 20.5. The van der Waals surface area contributed by atoms with Crippen LogP contribution in [0.25, 0.3) is 0 Å². The summed E-state index contributed by atoms with van der Waals surface area (Å²) in [5, 5.41) is 0. The van der Waals surface area contributed by atoms with Crippen molar-refractivity contribution in [2.24, 2.45) is 0 Å². The minimum absolute atomic E-state index is 0.0238. The first-order valence-electron chi connectivity index (χ1n) is 12.7. The summed E-state index contributed by atoms with van der Waals surface area (Å²) >= 11 is 0. The molecule has 36 heavy (non-hydrogen) atoms. The summed E-state index contributed by atoms with van der Waals surface area (Å²) in [4.78, 5) is 41.6. The molecule has 1 saturated heterocycles. The molecular formula is C29H33N5O2. The smallest absolute Gasteiger partial charge is 0.255 e. The molecule has 2 aliphatic rings. The highest BCUT2D eigenvalue weighted by molar-refractivity contribution is 5.95. The standard InChI is InChI=1S/C29H33N5O2/c1-21-9-10-24(17-31-21)29(36)32-19-25-7-3-4-8-28(25)33(22(2)35)15-13-26-11-12-27(20-32)34(26)18-23-6-5-14-30-16-23/h3-10,14,16-17,26-27H,11-13,15,18-20H2,1-2H3. The molecular weight excluding hydrogens is 450 g/mol. The van der Waals surface area contributed by atoms with Gasteiger partial charge >= 0.3 is 0 Å². The fraction of sp³-hybridized carbons (Fsp3) is 0.379. The van der Waals surface area contributed by atoms with Gasteiger partial charge < -0.3 is 9.80 Å². The van der Waals surface area contributed by atoms with E-state index in [0.29, 0.717) is 31.2 Å². The highest BCUT2D eigenvalue weighted by Crippen LogP contribution is 2.32. The number of amides is 2. The van der Waals surface area contributed by atoms with Crippen molar-refractivity contribution >= 4 is 17.5 Å². The molecule has 5 rings (SSSR count). The van der Waals surface area contributed by atoms with Crippen LogP contribution in [0.2, 0.25) is 0 Å². The second kappa shape index (κ2) is 10.6. The zero-order valence-electron chi connectivity index (χ0n) is 21.0. The molecule has 2 amide bonds. The van der Waals surface area contributed by atoms with Gasteiger partial charge in [-0.05, 0) is 61.6 Å². The molecule has 7 nitrogen and oxygen atoms in total. The molecule has 2 aliphatic heterocycles. The largest absolute Gasteiger partial charge is 0.333 e. The minimum atomic E-state index is -0.0318. The predicted molar refractivity (Wildman–Crippen MR) is 139 cm³/mol. The van der Waals surface area contributed by atoms with E-state index in [0.717, 1.165) is 48.3 Å². The number of pyridine rings is 2. The summed E-state index contributed by atoms with van der Waals surface area (Å²) in [5.41, 5.74) is 4.51. The van der Waals surface area contributed by atoms with Gasteiger partial charge in [-0.15, -0.1) is 0 Å². The van der Waals surface area contributed by atoms with E-state index < -0.39 is 0 Å². The highest BCUT2D eigenvalue weighted by atomic mass is 16.2. The van der Waals surface area contributed by atoms with E-state index in [1.807, 2.05) is 65.4 Å². The van der Waals surface area contributed by atoms with Gasteiger partial charge in [0.2, 0.25) is 5.91 Å². The Morgan fingerprint density at radius 2 is 1.81 bits per heavy atom. The van der Waals surface area contributed by atoms with Crippen molar-refractivity contribution in [1.82, 2.24) is 19.8 Å². The van der Waals surface area contributed by atoms with Gasteiger partial charge in [0.25, 0.3) is 5.91 Å². The van der Waals surface area contributed by atoms with E-state index in [1.165, 1.54) is 0 Å². The van der Waals surface area contributed by atoms with E-state index in [1.54, 1.807) is 19.3 Å². The van der Waals surface area contributed by atoms with E-state index in [4.69, 9.17) is 0 Å². The van der Waals surface area contributed by atoms with Crippen molar-refractivity contribution in [2.45, 2.75) is 58.3 Å². The molecule has 7 heteroatoms. The summed E-state index contributed by atoms with van der Waals surface area (Å²) in [5.74, 6) is -0.00799. The van der Waals surface area contributed by atoms with Crippen LogP contribution >= 0.6 is 0 Å². The van der Waals surface area contributed by atoms with Gasteiger partial charge in [-0.25, -0.2) is 0 Å². The summed E-state index contributed by atoms with van der Waals surface area (Å²) in [6.07, 6.45) is 8.34. The van der Waals surface area contributed by atoms with Crippen molar-refractivity contribution in [3.8, 4) is 0 Å². The molecule has 2 unspecified atom stereocenters. The SMILES string of the molecule is CC(=O)N1CCC2CCC(CN(C(=O)c3ccc(C)nc3)Cc3ccccc31)N2Cc1cccnc1. The van der Waals surface area contributed by atoms with Gasteiger partial charge in [0.1, 0.15) is 0 Å². The molecule has 2 aromatic heterocycles. The number of aryl methyl sites for hydroxylation is 1. The average molecular weight is 484 g/mol. The molecule has 4 heterocycles. The lowest BCUT2D eigenvalue weighted by molar-refractivity contribution is -0.116. The lowest BCUT2D eigenvalue weighted by Gasteiger charge is -2.34. The molecule has 0 N–H and O–H groups in total. The number of rotatable bonds is 3. The Morgan fingerprint density at radius 1 is 0.972 bits per heavy atom.